The third kappa shape index (κ3) is 6.84. The van der Waals surface area contributed by atoms with E-state index in [0.717, 1.165) is 42.1 Å². The van der Waals surface area contributed by atoms with Crippen molar-refractivity contribution in [2.45, 2.75) is 57.9 Å². The van der Waals surface area contributed by atoms with Crippen LogP contribution in [0.15, 0.2) is 30.5 Å². The quantitative estimate of drug-likeness (QED) is 0.453. The van der Waals surface area contributed by atoms with E-state index in [1.165, 1.54) is 6.42 Å². The summed E-state index contributed by atoms with van der Waals surface area (Å²) >= 11 is 0. The van der Waals surface area contributed by atoms with Gasteiger partial charge in [-0.3, -0.25) is 4.79 Å². The predicted molar refractivity (Wildman–Crippen MR) is 102 cm³/mol. The molecule has 1 heterocycles. The van der Waals surface area contributed by atoms with Crippen molar-refractivity contribution in [1.82, 2.24) is 10.3 Å². The first-order valence-electron chi connectivity index (χ1n) is 8.69. The maximum atomic E-state index is 12.0. The van der Waals surface area contributed by atoms with Crippen molar-refractivity contribution in [3.8, 4) is 0 Å². The second-order valence-electron chi connectivity index (χ2n) is 6.19. The molecule has 1 aromatic heterocycles. The Kier molecular flexibility index (Phi) is 9.86. The van der Waals surface area contributed by atoms with Crippen molar-refractivity contribution in [3.63, 3.8) is 0 Å². The Morgan fingerprint density at radius 3 is 2.60 bits per heavy atom. The minimum atomic E-state index is -1.00. The Morgan fingerprint density at radius 1 is 1.16 bits per heavy atom. The van der Waals surface area contributed by atoms with Crippen molar-refractivity contribution < 1.29 is 14.7 Å². The van der Waals surface area contributed by atoms with Gasteiger partial charge in [0.1, 0.15) is 6.04 Å². The summed E-state index contributed by atoms with van der Waals surface area (Å²) in [6, 6.07) is 6.86. The number of aromatic nitrogens is 1. The summed E-state index contributed by atoms with van der Waals surface area (Å²) in [6.45, 7) is 2.15. The molecule has 0 aliphatic carbocycles. The molecule has 0 radical (unpaired) electrons. The van der Waals surface area contributed by atoms with Crippen LogP contribution in [0.3, 0.4) is 0 Å². The van der Waals surface area contributed by atoms with E-state index >= 15 is 0 Å². The number of aliphatic carboxylic acids is 1. The molecular weight excluding hydrogens is 327 g/mol. The summed E-state index contributed by atoms with van der Waals surface area (Å²) in [6.07, 6.45) is 7.78. The Morgan fingerprint density at radius 2 is 1.88 bits per heavy atom. The number of benzene rings is 1. The average Bonchev–Trinajstić information content (AvgIpc) is 2.97. The second kappa shape index (κ2) is 11.3. The fraction of sp³-hybridized carbons (Fsp3) is 0.474. The predicted octanol–water partition coefficient (Wildman–Crippen LogP) is 2.99. The number of aromatic amines is 1. The van der Waals surface area contributed by atoms with Crippen molar-refractivity contribution in [3.05, 3.63) is 36.0 Å². The minimum absolute atomic E-state index is 0. The molecule has 0 spiro atoms. The number of hydrogen-bond acceptors (Lipinski definition) is 2. The molecule has 1 unspecified atom stereocenters. The third-order valence-electron chi connectivity index (χ3n) is 4.24. The van der Waals surface area contributed by atoms with Crippen molar-refractivity contribution >= 4 is 52.3 Å². The van der Waals surface area contributed by atoms with E-state index in [1.54, 1.807) is 0 Å². The van der Waals surface area contributed by atoms with E-state index in [9.17, 15) is 14.7 Å². The topological polar surface area (TPSA) is 82.2 Å². The zero-order chi connectivity index (χ0) is 17.4. The molecule has 0 saturated heterocycles. The molecule has 2 aromatic rings. The Labute approximate surface area is 170 Å². The number of rotatable bonds is 10. The summed E-state index contributed by atoms with van der Waals surface area (Å²) < 4.78 is 0. The molecule has 5 nitrogen and oxygen atoms in total. The number of H-pyrrole nitrogens is 1. The second-order valence-corrected chi connectivity index (χ2v) is 6.19. The number of fused-ring (bicyclic) bond motifs is 1. The Balaban J connectivity index is 0.00000312. The summed E-state index contributed by atoms with van der Waals surface area (Å²) in [7, 11) is 0. The van der Waals surface area contributed by atoms with Crippen LogP contribution in [-0.2, 0) is 16.0 Å². The third-order valence-corrected chi connectivity index (χ3v) is 4.24. The van der Waals surface area contributed by atoms with E-state index in [4.69, 9.17) is 0 Å². The summed E-state index contributed by atoms with van der Waals surface area (Å²) in [5, 5.41) is 13.1. The molecular formula is C19H27N2NaO3. The van der Waals surface area contributed by atoms with Gasteiger partial charge in [-0.05, 0) is 18.1 Å². The number of nitrogens with one attached hydrogen (secondary N) is 2. The molecule has 3 N–H and O–H groups in total. The zero-order valence-corrected chi connectivity index (χ0v) is 14.2. The van der Waals surface area contributed by atoms with Crippen LogP contribution in [0.4, 0.5) is 0 Å². The molecule has 1 atom stereocenters. The number of para-hydroxylation sites is 1. The van der Waals surface area contributed by atoms with Gasteiger partial charge in [0, 0.05) is 29.9 Å². The molecule has 0 bridgehead atoms. The summed E-state index contributed by atoms with van der Waals surface area (Å²) in [5.74, 6) is -1.18. The molecule has 6 heteroatoms. The number of amides is 1. The van der Waals surface area contributed by atoms with Crippen LogP contribution in [-0.4, -0.2) is 57.6 Å². The van der Waals surface area contributed by atoms with Crippen LogP contribution in [0.2, 0.25) is 0 Å². The van der Waals surface area contributed by atoms with Gasteiger partial charge in [-0.15, -0.1) is 0 Å². The first-order chi connectivity index (χ1) is 11.6. The molecule has 132 valence electrons. The van der Waals surface area contributed by atoms with Gasteiger partial charge < -0.3 is 15.4 Å². The standard InChI is InChI=1S/C19H26N2O3.Na.H/c1-2-3-4-5-6-11-18(22)21-17(19(23)24)12-14-13-20-16-10-8-7-9-15(14)16;;/h7-10,13,17,20H,2-6,11-12H2,1H3,(H,21,22)(H,23,24);;. The number of carbonyl (C=O) groups excluding carboxylic acids is 1. The first-order valence-corrected chi connectivity index (χ1v) is 8.69. The molecule has 1 aromatic carbocycles. The van der Waals surface area contributed by atoms with Gasteiger partial charge in [0.25, 0.3) is 0 Å². The molecule has 0 fully saturated rings. The van der Waals surface area contributed by atoms with E-state index in [1.807, 2.05) is 30.5 Å². The van der Waals surface area contributed by atoms with Crippen LogP contribution in [0.25, 0.3) is 10.9 Å². The van der Waals surface area contributed by atoms with E-state index in [0.29, 0.717) is 6.42 Å². The van der Waals surface area contributed by atoms with Crippen molar-refractivity contribution in [2.75, 3.05) is 0 Å². The number of hydrogen-bond donors (Lipinski definition) is 3. The van der Waals surface area contributed by atoms with Crippen LogP contribution in [0.1, 0.15) is 51.0 Å². The van der Waals surface area contributed by atoms with Gasteiger partial charge in [-0.1, -0.05) is 50.8 Å². The fourth-order valence-electron chi connectivity index (χ4n) is 2.88. The van der Waals surface area contributed by atoms with Gasteiger partial charge in [-0.2, -0.15) is 0 Å². The SMILES string of the molecule is CCCCCCCC(=O)NC(Cc1c[nH]c2ccccc12)C(=O)O.[NaH]. The van der Waals surface area contributed by atoms with Crippen molar-refractivity contribution in [1.29, 1.82) is 0 Å². The van der Waals surface area contributed by atoms with Gasteiger partial charge in [0.15, 0.2) is 0 Å². The molecule has 0 aliphatic heterocycles. The number of carboxylic acids is 1. The number of carbonyl (C=O) groups is 2. The van der Waals surface area contributed by atoms with Gasteiger partial charge in [-0.25, -0.2) is 4.79 Å². The summed E-state index contributed by atoms with van der Waals surface area (Å²) in [5.41, 5.74) is 1.88. The number of carboxylic acid groups (broad SMARTS) is 1. The number of unbranched alkanes of at least 4 members (excludes halogenated alkanes) is 4. The fourth-order valence-corrected chi connectivity index (χ4v) is 2.88. The van der Waals surface area contributed by atoms with E-state index < -0.39 is 12.0 Å². The van der Waals surface area contributed by atoms with Crippen LogP contribution < -0.4 is 5.32 Å². The van der Waals surface area contributed by atoms with Crippen LogP contribution >= 0.6 is 0 Å². The van der Waals surface area contributed by atoms with Gasteiger partial charge >= 0.3 is 35.5 Å². The van der Waals surface area contributed by atoms with Gasteiger partial charge in [0.05, 0.1) is 0 Å². The molecule has 1 amide bonds. The Hall–Kier alpha value is -1.30. The van der Waals surface area contributed by atoms with Crippen LogP contribution in [0.5, 0.6) is 0 Å². The van der Waals surface area contributed by atoms with Gasteiger partial charge in [0.2, 0.25) is 5.91 Å². The summed E-state index contributed by atoms with van der Waals surface area (Å²) in [4.78, 5) is 26.6. The molecule has 0 aliphatic rings. The Bertz CT molecular complexity index is 684. The monoisotopic (exact) mass is 354 g/mol. The van der Waals surface area contributed by atoms with Crippen molar-refractivity contribution in [2.24, 2.45) is 0 Å². The first kappa shape index (κ1) is 21.7. The van der Waals surface area contributed by atoms with E-state index in [-0.39, 0.29) is 41.9 Å². The average molecular weight is 354 g/mol. The maximum absolute atomic E-state index is 12.0. The van der Waals surface area contributed by atoms with E-state index in [2.05, 4.69) is 17.2 Å². The normalized spacial score (nSPS) is 11.7. The molecule has 25 heavy (non-hydrogen) atoms. The van der Waals surface area contributed by atoms with Crippen LogP contribution in [0, 0.1) is 0 Å². The zero-order valence-electron chi connectivity index (χ0n) is 14.2. The molecule has 2 rings (SSSR count). The molecule has 0 saturated carbocycles.